The van der Waals surface area contributed by atoms with Crippen LogP contribution in [0.2, 0.25) is 0 Å². The van der Waals surface area contributed by atoms with Gasteiger partial charge in [-0.15, -0.1) is 0 Å². The molecule has 0 N–H and O–H groups in total. The molecule has 0 aliphatic carbocycles. The Bertz CT molecular complexity index is 1250. The fraction of sp³-hybridized carbons (Fsp3) is 0.400. The molecule has 0 bridgehead atoms. The number of nitrogens with zero attached hydrogens (tertiary/aromatic N) is 2. The summed E-state index contributed by atoms with van der Waals surface area (Å²) in [6.07, 6.45) is 0.430. The van der Waals surface area contributed by atoms with Gasteiger partial charge in [-0.05, 0) is 18.6 Å². The van der Waals surface area contributed by atoms with Crippen molar-refractivity contribution in [2.45, 2.75) is 31.9 Å². The van der Waals surface area contributed by atoms with Crippen LogP contribution in [0.3, 0.4) is 0 Å². The van der Waals surface area contributed by atoms with E-state index in [9.17, 15) is 22.8 Å². The monoisotopic (exact) mass is 448 g/mol. The number of amides is 1. The Labute approximate surface area is 177 Å². The fourth-order valence-corrected chi connectivity index (χ4v) is 5.35. The van der Waals surface area contributed by atoms with Crippen molar-refractivity contribution in [3.63, 3.8) is 0 Å². The normalized spacial score (nSPS) is 20.5. The summed E-state index contributed by atoms with van der Waals surface area (Å²) in [6.45, 7) is -0.196. The fourth-order valence-electron chi connectivity index (χ4n) is 3.66. The molecule has 2 aromatic rings. The van der Waals surface area contributed by atoms with Gasteiger partial charge in [0.05, 0.1) is 24.7 Å². The Morgan fingerprint density at radius 1 is 1.26 bits per heavy atom. The molecular weight excluding hydrogens is 428 g/mol. The summed E-state index contributed by atoms with van der Waals surface area (Å²) in [4.78, 5) is 36.6. The number of benzene rings is 1. The van der Waals surface area contributed by atoms with Crippen LogP contribution >= 0.6 is 0 Å². The second-order valence-corrected chi connectivity index (χ2v) is 9.60. The number of hydrogen-bond donors (Lipinski definition) is 0. The summed E-state index contributed by atoms with van der Waals surface area (Å²) >= 11 is 0. The van der Waals surface area contributed by atoms with E-state index in [-0.39, 0.29) is 49.0 Å². The molecule has 0 unspecified atom stereocenters. The molecule has 4 rings (SSSR count). The number of esters is 1. The van der Waals surface area contributed by atoms with Crippen LogP contribution in [0.15, 0.2) is 38.6 Å². The highest BCUT2D eigenvalue weighted by molar-refractivity contribution is 7.91. The van der Waals surface area contributed by atoms with E-state index < -0.39 is 27.5 Å². The van der Waals surface area contributed by atoms with Crippen LogP contribution in [0.5, 0.6) is 5.75 Å². The standard InChI is InChI=1S/C20H20N2O8S/c1-28-14-2-3-15-12(8-19(24)30-17(15)9-14)10-29-20(25)16-4-5-18(23)22(21-16)13-6-7-31(26,27)11-13/h2-3,8-9,13H,4-7,10-11H2,1H3/t13-/m1/s1. The van der Waals surface area contributed by atoms with Crippen LogP contribution < -0.4 is 10.4 Å². The Balaban J connectivity index is 1.51. The SMILES string of the molecule is COc1ccc2c(COC(=O)C3=NN([C@@H]4CCS(=O)(=O)C4)C(=O)CC3)cc(=O)oc2c1. The zero-order chi connectivity index (χ0) is 22.2. The maximum Gasteiger partial charge on any atom is 0.354 e. The lowest BCUT2D eigenvalue weighted by Crippen LogP contribution is -2.42. The highest BCUT2D eigenvalue weighted by Crippen LogP contribution is 2.24. The van der Waals surface area contributed by atoms with Gasteiger partial charge in [-0.3, -0.25) is 4.79 Å². The van der Waals surface area contributed by atoms with Crippen molar-refractivity contribution in [1.29, 1.82) is 0 Å². The quantitative estimate of drug-likeness (QED) is 0.489. The number of fused-ring (bicyclic) bond motifs is 1. The Morgan fingerprint density at radius 3 is 2.77 bits per heavy atom. The van der Waals surface area contributed by atoms with Gasteiger partial charge in [-0.1, -0.05) is 0 Å². The number of hydrazone groups is 1. The number of carbonyl (C=O) groups excluding carboxylic acids is 2. The summed E-state index contributed by atoms with van der Waals surface area (Å²) in [5, 5.41) is 5.78. The van der Waals surface area contributed by atoms with Gasteiger partial charge >= 0.3 is 11.6 Å². The van der Waals surface area contributed by atoms with Gasteiger partial charge in [-0.2, -0.15) is 5.10 Å². The van der Waals surface area contributed by atoms with Gasteiger partial charge in [0.25, 0.3) is 0 Å². The van der Waals surface area contributed by atoms with Crippen LogP contribution in [-0.4, -0.2) is 55.7 Å². The Morgan fingerprint density at radius 2 is 2.06 bits per heavy atom. The summed E-state index contributed by atoms with van der Waals surface area (Å²) < 4.78 is 39.1. The number of sulfone groups is 1. The van der Waals surface area contributed by atoms with E-state index in [0.717, 1.165) is 5.01 Å². The van der Waals surface area contributed by atoms with Crippen molar-refractivity contribution in [2.24, 2.45) is 5.10 Å². The molecule has 1 atom stereocenters. The molecule has 2 aliphatic rings. The first-order chi connectivity index (χ1) is 14.8. The van der Waals surface area contributed by atoms with Crippen LogP contribution in [0.25, 0.3) is 11.0 Å². The number of methoxy groups -OCH3 is 1. The molecule has 2 aliphatic heterocycles. The van der Waals surface area contributed by atoms with E-state index in [4.69, 9.17) is 13.9 Å². The molecule has 31 heavy (non-hydrogen) atoms. The van der Waals surface area contributed by atoms with Crippen LogP contribution in [-0.2, 0) is 30.8 Å². The molecule has 1 saturated heterocycles. The lowest BCUT2D eigenvalue weighted by atomic mass is 10.1. The van der Waals surface area contributed by atoms with Crippen molar-refractivity contribution in [3.8, 4) is 5.75 Å². The summed E-state index contributed by atoms with van der Waals surface area (Å²) in [5.41, 5.74) is 0.194. The van der Waals surface area contributed by atoms with Crippen molar-refractivity contribution < 1.29 is 31.9 Å². The summed E-state index contributed by atoms with van der Waals surface area (Å²) in [7, 11) is -1.72. The van der Waals surface area contributed by atoms with Crippen molar-refractivity contribution >= 4 is 38.4 Å². The maximum atomic E-state index is 12.6. The topological polar surface area (TPSA) is 133 Å². The van der Waals surface area contributed by atoms with E-state index in [1.54, 1.807) is 18.2 Å². The average Bonchev–Trinajstić information content (AvgIpc) is 3.10. The van der Waals surface area contributed by atoms with Gasteiger partial charge in [0.2, 0.25) is 5.91 Å². The molecule has 1 fully saturated rings. The molecule has 0 spiro atoms. The molecule has 1 amide bonds. The minimum atomic E-state index is -3.21. The third-order valence-corrected chi connectivity index (χ3v) is 7.00. The molecule has 0 radical (unpaired) electrons. The first-order valence-corrected chi connectivity index (χ1v) is 11.5. The van der Waals surface area contributed by atoms with Gasteiger partial charge in [0, 0.05) is 35.9 Å². The third kappa shape index (κ3) is 4.46. The van der Waals surface area contributed by atoms with E-state index in [2.05, 4.69) is 5.10 Å². The zero-order valence-corrected chi connectivity index (χ0v) is 17.5. The first-order valence-electron chi connectivity index (χ1n) is 9.63. The zero-order valence-electron chi connectivity index (χ0n) is 16.7. The number of ether oxygens (including phenoxy) is 2. The van der Waals surface area contributed by atoms with Crippen LogP contribution in [0.1, 0.15) is 24.8 Å². The van der Waals surface area contributed by atoms with Gasteiger partial charge in [0.1, 0.15) is 23.7 Å². The Kier molecular flexibility index (Phi) is 5.52. The van der Waals surface area contributed by atoms with Crippen LogP contribution in [0.4, 0.5) is 0 Å². The largest absolute Gasteiger partial charge is 0.497 e. The van der Waals surface area contributed by atoms with Gasteiger partial charge < -0.3 is 13.9 Å². The maximum absolute atomic E-state index is 12.6. The van der Waals surface area contributed by atoms with Gasteiger partial charge in [-0.25, -0.2) is 23.0 Å². The van der Waals surface area contributed by atoms with E-state index >= 15 is 0 Å². The lowest BCUT2D eigenvalue weighted by Gasteiger charge is -2.27. The second-order valence-electron chi connectivity index (χ2n) is 7.37. The molecule has 164 valence electrons. The molecule has 10 nitrogen and oxygen atoms in total. The average molecular weight is 448 g/mol. The van der Waals surface area contributed by atoms with E-state index in [1.807, 2.05) is 0 Å². The molecule has 3 heterocycles. The van der Waals surface area contributed by atoms with Crippen molar-refractivity contribution in [3.05, 3.63) is 40.2 Å². The van der Waals surface area contributed by atoms with Crippen molar-refractivity contribution in [2.75, 3.05) is 18.6 Å². The van der Waals surface area contributed by atoms with E-state index in [1.165, 1.54) is 13.2 Å². The number of carbonyl (C=O) groups is 2. The highest BCUT2D eigenvalue weighted by Gasteiger charge is 2.37. The molecule has 1 aromatic heterocycles. The predicted molar refractivity (Wildman–Crippen MR) is 109 cm³/mol. The number of rotatable bonds is 5. The smallest absolute Gasteiger partial charge is 0.354 e. The molecular formula is C20H20N2O8S. The lowest BCUT2D eigenvalue weighted by molar-refractivity contribution is -0.138. The third-order valence-electron chi connectivity index (χ3n) is 5.25. The molecule has 11 heteroatoms. The van der Waals surface area contributed by atoms with Crippen molar-refractivity contribution in [1.82, 2.24) is 5.01 Å². The summed E-state index contributed by atoms with van der Waals surface area (Å²) in [5.74, 6) is -0.710. The number of hydrogen-bond acceptors (Lipinski definition) is 9. The van der Waals surface area contributed by atoms with Crippen LogP contribution in [0, 0.1) is 0 Å². The predicted octanol–water partition coefficient (Wildman–Crippen LogP) is 1.01. The summed E-state index contributed by atoms with van der Waals surface area (Å²) in [6, 6.07) is 5.62. The minimum absolute atomic E-state index is 0.00873. The molecule has 0 saturated carbocycles. The Hall–Kier alpha value is -3.21. The second kappa shape index (κ2) is 8.14. The highest BCUT2D eigenvalue weighted by atomic mass is 32.2. The van der Waals surface area contributed by atoms with E-state index in [0.29, 0.717) is 22.3 Å². The van der Waals surface area contributed by atoms with Gasteiger partial charge in [0.15, 0.2) is 9.84 Å². The molecule has 1 aromatic carbocycles. The minimum Gasteiger partial charge on any atom is -0.497 e. The first kappa shape index (κ1) is 21.0.